The number of rotatable bonds is 4. The first-order valence-electron chi connectivity index (χ1n) is 7.89. The molecule has 2 aromatic rings. The molecule has 114 valence electrons. The molecule has 3 rings (SSSR count). The van der Waals surface area contributed by atoms with Gasteiger partial charge in [-0.2, -0.15) is 0 Å². The van der Waals surface area contributed by atoms with Crippen LogP contribution >= 0.6 is 7.92 Å². The van der Waals surface area contributed by atoms with Crippen LogP contribution in [0.3, 0.4) is 0 Å². The Morgan fingerprint density at radius 3 is 1.86 bits per heavy atom. The zero-order valence-corrected chi connectivity index (χ0v) is 13.5. The van der Waals surface area contributed by atoms with Gasteiger partial charge in [0, 0.05) is 5.66 Å². The summed E-state index contributed by atoms with van der Waals surface area (Å²) in [6.45, 7) is 0. The maximum absolute atomic E-state index is 11.7. The maximum atomic E-state index is 11.7. The third-order valence-electron chi connectivity index (χ3n) is 4.45. The highest BCUT2D eigenvalue weighted by Gasteiger charge is 2.37. The maximum Gasteiger partial charge on any atom is 0.307 e. The molecule has 0 spiro atoms. The van der Waals surface area contributed by atoms with Crippen molar-refractivity contribution in [3.05, 3.63) is 60.7 Å². The number of carbonyl (C=O) groups is 1. The molecule has 2 atom stereocenters. The van der Waals surface area contributed by atoms with Crippen LogP contribution in [0, 0.1) is 5.92 Å². The Labute approximate surface area is 132 Å². The molecule has 1 saturated carbocycles. The van der Waals surface area contributed by atoms with E-state index in [2.05, 4.69) is 48.5 Å². The zero-order chi connectivity index (χ0) is 15.4. The minimum atomic E-state index is -0.622. The summed E-state index contributed by atoms with van der Waals surface area (Å²) in [5.41, 5.74) is 0.242. The van der Waals surface area contributed by atoms with Gasteiger partial charge in [-0.05, 0) is 31.4 Å². The van der Waals surface area contributed by atoms with E-state index in [9.17, 15) is 9.90 Å². The summed E-state index contributed by atoms with van der Waals surface area (Å²) in [5.74, 6) is -0.829. The summed E-state index contributed by atoms with van der Waals surface area (Å²) >= 11 is 0. The molecule has 1 fully saturated rings. The lowest BCUT2D eigenvalue weighted by Gasteiger charge is -2.36. The Morgan fingerprint density at radius 1 is 0.864 bits per heavy atom. The summed E-state index contributed by atoms with van der Waals surface area (Å²) < 4.78 is 0. The van der Waals surface area contributed by atoms with E-state index in [4.69, 9.17) is 0 Å². The Kier molecular flexibility index (Phi) is 4.90. The number of aliphatic carboxylic acids is 1. The van der Waals surface area contributed by atoms with Crippen molar-refractivity contribution in [1.29, 1.82) is 0 Å². The number of hydrogen-bond donors (Lipinski definition) is 1. The van der Waals surface area contributed by atoms with Crippen molar-refractivity contribution in [1.82, 2.24) is 0 Å². The molecular formula is C19H21O2P. The van der Waals surface area contributed by atoms with E-state index in [1.54, 1.807) is 0 Å². The number of carboxylic acids is 1. The predicted octanol–water partition coefficient (Wildman–Crippen LogP) is 3.76. The van der Waals surface area contributed by atoms with Gasteiger partial charge in [-0.1, -0.05) is 73.5 Å². The van der Waals surface area contributed by atoms with Crippen LogP contribution in [0.4, 0.5) is 0 Å². The Bertz CT molecular complexity index is 572. The molecule has 0 saturated heterocycles. The van der Waals surface area contributed by atoms with E-state index in [0.717, 1.165) is 25.7 Å². The summed E-state index contributed by atoms with van der Waals surface area (Å²) in [4.78, 5) is 11.7. The number of hydrogen-bond acceptors (Lipinski definition) is 1. The molecule has 0 aromatic heterocycles. The first kappa shape index (κ1) is 15.2. The van der Waals surface area contributed by atoms with E-state index in [1.165, 1.54) is 10.6 Å². The van der Waals surface area contributed by atoms with Crippen LogP contribution in [0.5, 0.6) is 0 Å². The Balaban J connectivity index is 2.03. The Morgan fingerprint density at radius 2 is 1.36 bits per heavy atom. The highest BCUT2D eigenvalue weighted by molar-refractivity contribution is 7.73. The number of carboxylic acid groups (broad SMARTS) is 1. The van der Waals surface area contributed by atoms with E-state index < -0.39 is 13.9 Å². The lowest BCUT2D eigenvalue weighted by atomic mass is 9.89. The fourth-order valence-corrected chi connectivity index (χ4v) is 6.55. The van der Waals surface area contributed by atoms with Crippen molar-refractivity contribution < 1.29 is 9.90 Å². The van der Waals surface area contributed by atoms with Gasteiger partial charge in [0.05, 0.1) is 5.92 Å². The molecule has 2 aromatic carbocycles. The molecule has 1 aliphatic rings. The van der Waals surface area contributed by atoms with Gasteiger partial charge in [-0.15, -0.1) is 0 Å². The standard InChI is InChI=1S/C19H21O2P/c20-19(21)17-13-7-8-14-18(17)22(15-9-3-1-4-10-15)16-11-5-2-6-12-16/h1-6,9-12,17-18H,7-8,13-14H2,(H,20,21)/t17-,18+/m1/s1. The molecule has 0 aliphatic heterocycles. The van der Waals surface area contributed by atoms with Gasteiger partial charge in [0.15, 0.2) is 0 Å². The monoisotopic (exact) mass is 312 g/mol. The van der Waals surface area contributed by atoms with Gasteiger partial charge in [0.2, 0.25) is 0 Å². The van der Waals surface area contributed by atoms with Crippen LogP contribution in [0.15, 0.2) is 60.7 Å². The average Bonchev–Trinajstić information content (AvgIpc) is 2.57. The molecule has 0 bridgehead atoms. The molecule has 1 N–H and O–H groups in total. The van der Waals surface area contributed by atoms with E-state index >= 15 is 0 Å². The van der Waals surface area contributed by atoms with Crippen molar-refractivity contribution in [3.8, 4) is 0 Å². The van der Waals surface area contributed by atoms with Crippen LogP contribution < -0.4 is 10.6 Å². The summed E-state index contributed by atoms with van der Waals surface area (Å²) in [7, 11) is -0.622. The van der Waals surface area contributed by atoms with Gasteiger partial charge in [-0.25, -0.2) is 0 Å². The smallest absolute Gasteiger partial charge is 0.307 e. The molecule has 3 heteroatoms. The topological polar surface area (TPSA) is 37.3 Å². The van der Waals surface area contributed by atoms with Crippen LogP contribution in [-0.2, 0) is 4.79 Å². The van der Waals surface area contributed by atoms with Gasteiger partial charge >= 0.3 is 5.97 Å². The average molecular weight is 312 g/mol. The van der Waals surface area contributed by atoms with Gasteiger partial charge in [0.1, 0.15) is 0 Å². The molecule has 0 radical (unpaired) electrons. The first-order valence-corrected chi connectivity index (χ1v) is 9.30. The van der Waals surface area contributed by atoms with Crippen LogP contribution in [0.25, 0.3) is 0 Å². The van der Waals surface area contributed by atoms with Gasteiger partial charge in [-0.3, -0.25) is 4.79 Å². The van der Waals surface area contributed by atoms with Crippen molar-refractivity contribution >= 4 is 24.5 Å². The van der Waals surface area contributed by atoms with Crippen LogP contribution in [0.1, 0.15) is 25.7 Å². The van der Waals surface area contributed by atoms with E-state index in [1.807, 2.05) is 12.1 Å². The molecule has 0 amide bonds. The van der Waals surface area contributed by atoms with Crippen molar-refractivity contribution in [2.24, 2.45) is 5.92 Å². The molecule has 0 unspecified atom stereocenters. The van der Waals surface area contributed by atoms with Crippen molar-refractivity contribution in [2.45, 2.75) is 31.3 Å². The highest BCUT2D eigenvalue weighted by Crippen LogP contribution is 2.48. The minimum Gasteiger partial charge on any atom is -0.481 e. The van der Waals surface area contributed by atoms with Crippen molar-refractivity contribution in [3.63, 3.8) is 0 Å². The second-order valence-corrected chi connectivity index (χ2v) is 8.27. The minimum absolute atomic E-state index is 0.208. The zero-order valence-electron chi connectivity index (χ0n) is 12.6. The lowest BCUT2D eigenvalue weighted by molar-refractivity contribution is -0.142. The molecular weight excluding hydrogens is 291 g/mol. The number of benzene rings is 2. The fraction of sp³-hybridized carbons (Fsp3) is 0.316. The van der Waals surface area contributed by atoms with E-state index in [-0.39, 0.29) is 11.6 Å². The summed E-state index contributed by atoms with van der Waals surface area (Å²) in [6.07, 6.45) is 4.03. The van der Waals surface area contributed by atoms with Gasteiger partial charge < -0.3 is 5.11 Å². The lowest BCUT2D eigenvalue weighted by Crippen LogP contribution is -2.35. The molecule has 1 aliphatic carbocycles. The predicted molar refractivity (Wildman–Crippen MR) is 92.5 cm³/mol. The van der Waals surface area contributed by atoms with Crippen LogP contribution in [0.2, 0.25) is 0 Å². The largest absolute Gasteiger partial charge is 0.481 e. The fourth-order valence-electron chi connectivity index (χ4n) is 3.42. The first-order chi connectivity index (χ1) is 10.8. The summed E-state index contributed by atoms with van der Waals surface area (Å²) in [5, 5.41) is 12.2. The molecule has 0 heterocycles. The SMILES string of the molecule is O=C(O)[C@@H]1CCCC[C@@H]1P(c1ccccc1)c1ccccc1. The summed E-state index contributed by atoms with van der Waals surface area (Å²) in [6, 6.07) is 20.9. The normalized spacial score (nSPS) is 21.7. The second-order valence-electron chi connectivity index (χ2n) is 5.84. The highest BCUT2D eigenvalue weighted by atomic mass is 31.1. The second kappa shape index (κ2) is 7.07. The quantitative estimate of drug-likeness (QED) is 0.873. The molecule has 2 nitrogen and oxygen atoms in total. The van der Waals surface area contributed by atoms with Crippen molar-refractivity contribution in [2.75, 3.05) is 0 Å². The van der Waals surface area contributed by atoms with Crippen LogP contribution in [-0.4, -0.2) is 16.7 Å². The third kappa shape index (κ3) is 3.23. The van der Waals surface area contributed by atoms with Gasteiger partial charge in [0.25, 0.3) is 0 Å². The molecule has 22 heavy (non-hydrogen) atoms. The third-order valence-corrected chi connectivity index (χ3v) is 7.44. The van der Waals surface area contributed by atoms with E-state index in [0.29, 0.717) is 0 Å². The Hall–Kier alpha value is -1.66.